The summed E-state index contributed by atoms with van der Waals surface area (Å²) in [5.41, 5.74) is 7.76. The maximum Gasteiger partial charge on any atom is 0.122 e. The van der Waals surface area contributed by atoms with Gasteiger partial charge in [0, 0.05) is 5.39 Å². The van der Waals surface area contributed by atoms with Gasteiger partial charge < -0.3 is 14.5 Å². The summed E-state index contributed by atoms with van der Waals surface area (Å²) in [4.78, 5) is 17.1. The van der Waals surface area contributed by atoms with Crippen LogP contribution in [0.25, 0.3) is 33.1 Å². The number of rotatable bonds is 5. The molecule has 6 heteroatoms. The molecule has 0 amide bonds. The highest BCUT2D eigenvalue weighted by Crippen LogP contribution is 2.35. The summed E-state index contributed by atoms with van der Waals surface area (Å²) in [6, 6.07) is 19.1. The zero-order valence-corrected chi connectivity index (χ0v) is 21.6. The number of ether oxygens (including phenoxy) is 2. The van der Waals surface area contributed by atoms with Crippen molar-refractivity contribution in [3.63, 3.8) is 0 Å². The number of benzene rings is 3. The fourth-order valence-corrected chi connectivity index (χ4v) is 5.55. The first-order valence-corrected chi connectivity index (χ1v) is 13.2. The van der Waals surface area contributed by atoms with Gasteiger partial charge in [-0.3, -0.25) is 0 Å². The van der Waals surface area contributed by atoms with E-state index in [1.807, 2.05) is 26.0 Å². The predicted octanol–water partition coefficient (Wildman–Crippen LogP) is 6.70. The van der Waals surface area contributed by atoms with Gasteiger partial charge in [0.25, 0.3) is 0 Å². The highest BCUT2D eigenvalue weighted by molar-refractivity contribution is 5.83. The maximum atomic E-state index is 6.28. The molecule has 1 aliphatic heterocycles. The van der Waals surface area contributed by atoms with Crippen LogP contribution in [0.1, 0.15) is 37.4 Å². The average Bonchev–Trinajstić information content (AvgIpc) is 3.27. The average molecular weight is 493 g/mol. The Balaban J connectivity index is 1.27. The number of aromatic nitrogens is 4. The van der Waals surface area contributed by atoms with Crippen LogP contribution in [-0.2, 0) is 12.8 Å². The smallest absolute Gasteiger partial charge is 0.122 e. The van der Waals surface area contributed by atoms with Gasteiger partial charge >= 0.3 is 0 Å². The van der Waals surface area contributed by atoms with E-state index in [1.165, 1.54) is 16.7 Å². The second kappa shape index (κ2) is 9.85. The van der Waals surface area contributed by atoms with E-state index >= 15 is 0 Å². The Morgan fingerprint density at radius 2 is 1.84 bits per heavy atom. The van der Waals surface area contributed by atoms with E-state index in [4.69, 9.17) is 14.5 Å². The molecule has 188 valence electrons. The Bertz CT molecular complexity index is 1570. The van der Waals surface area contributed by atoms with Gasteiger partial charge in [0.05, 0.1) is 35.5 Å². The number of nitrogens with one attached hydrogen (secondary N) is 1. The molecular weight excluding hydrogens is 460 g/mol. The molecule has 6 nitrogen and oxygen atoms in total. The number of hydrogen-bond donors (Lipinski definition) is 1. The summed E-state index contributed by atoms with van der Waals surface area (Å²) < 4.78 is 12.0. The molecule has 3 aromatic carbocycles. The van der Waals surface area contributed by atoms with Crippen LogP contribution in [0.2, 0.25) is 0 Å². The van der Waals surface area contributed by atoms with Gasteiger partial charge in [-0.05, 0) is 104 Å². The van der Waals surface area contributed by atoms with Crippen molar-refractivity contribution in [1.29, 1.82) is 0 Å². The third-order valence-electron chi connectivity index (χ3n) is 7.54. The van der Waals surface area contributed by atoms with E-state index < -0.39 is 0 Å². The van der Waals surface area contributed by atoms with Crippen LogP contribution in [-0.4, -0.2) is 33.1 Å². The first kappa shape index (κ1) is 23.5. The fraction of sp³-hybridized carbons (Fsp3) is 0.323. The molecule has 5 aromatic rings. The lowest BCUT2D eigenvalue weighted by molar-refractivity contribution is 0.221. The summed E-state index contributed by atoms with van der Waals surface area (Å²) in [5, 5.41) is 1.08. The second-order valence-electron chi connectivity index (χ2n) is 10.1. The normalized spacial score (nSPS) is 17.7. The minimum Gasteiger partial charge on any atom is -0.494 e. The number of hydrogen-bond acceptors (Lipinski definition) is 5. The van der Waals surface area contributed by atoms with E-state index in [0.29, 0.717) is 25.0 Å². The number of nitrogens with zero attached hydrogens (tertiary/aromatic N) is 3. The first-order chi connectivity index (χ1) is 18.1. The summed E-state index contributed by atoms with van der Waals surface area (Å²) in [6.07, 6.45) is 4.53. The largest absolute Gasteiger partial charge is 0.494 e. The Kier molecular flexibility index (Phi) is 6.25. The van der Waals surface area contributed by atoms with E-state index in [2.05, 4.69) is 64.3 Å². The molecule has 0 bridgehead atoms. The lowest BCUT2D eigenvalue weighted by Crippen LogP contribution is -2.23. The van der Waals surface area contributed by atoms with Gasteiger partial charge in [0.2, 0.25) is 0 Å². The summed E-state index contributed by atoms with van der Waals surface area (Å²) in [6.45, 7) is 7.70. The molecule has 0 saturated carbocycles. The monoisotopic (exact) mass is 492 g/mol. The van der Waals surface area contributed by atoms with Gasteiger partial charge in [0.15, 0.2) is 0 Å². The van der Waals surface area contributed by atoms with Crippen molar-refractivity contribution in [3.05, 3.63) is 78.0 Å². The van der Waals surface area contributed by atoms with Gasteiger partial charge in [-0.2, -0.15) is 0 Å². The van der Waals surface area contributed by atoms with Gasteiger partial charge in [-0.15, -0.1) is 0 Å². The number of aryl methyl sites for hydroxylation is 1. The second-order valence-corrected chi connectivity index (χ2v) is 10.1. The molecule has 2 atom stereocenters. The van der Waals surface area contributed by atoms with Gasteiger partial charge in [0.1, 0.15) is 23.7 Å². The van der Waals surface area contributed by atoms with Crippen molar-refractivity contribution < 1.29 is 9.47 Å². The highest BCUT2D eigenvalue weighted by atomic mass is 16.5. The van der Waals surface area contributed by atoms with Gasteiger partial charge in [-0.25, -0.2) is 15.0 Å². The molecule has 0 aliphatic carbocycles. The molecular formula is C31H32N4O2. The Labute approximate surface area is 217 Å². The molecule has 37 heavy (non-hydrogen) atoms. The van der Waals surface area contributed by atoms with Crippen molar-refractivity contribution in [2.24, 2.45) is 11.8 Å². The van der Waals surface area contributed by atoms with Crippen LogP contribution >= 0.6 is 0 Å². The van der Waals surface area contributed by atoms with E-state index in [1.54, 1.807) is 6.33 Å². The lowest BCUT2D eigenvalue weighted by Gasteiger charge is -2.28. The van der Waals surface area contributed by atoms with E-state index in [9.17, 15) is 0 Å². The molecule has 0 spiro atoms. The zero-order chi connectivity index (χ0) is 25.4. The van der Waals surface area contributed by atoms with Crippen LogP contribution in [0.3, 0.4) is 0 Å². The molecule has 2 unspecified atom stereocenters. The van der Waals surface area contributed by atoms with E-state index in [0.717, 1.165) is 64.2 Å². The summed E-state index contributed by atoms with van der Waals surface area (Å²) >= 11 is 0. The third kappa shape index (κ3) is 4.76. The highest BCUT2D eigenvalue weighted by Gasteiger charge is 2.24. The Morgan fingerprint density at radius 3 is 2.73 bits per heavy atom. The van der Waals surface area contributed by atoms with Crippen LogP contribution < -0.4 is 9.47 Å². The molecule has 2 aromatic heterocycles. The molecule has 0 radical (unpaired) electrons. The standard InChI is InChI=1S/C31H32N4O2/c1-4-36-25-7-9-27-26(17-25)29(33-18-32-27)15-21-11-12-37-31-10-6-22(14-24(31)13-19(21)2)23-5-8-28-30(16-23)35-20(3)34-28/h5-10,14,16-19,21H,4,11-13,15H2,1-3H3,(H,34,35). The number of fused-ring (bicyclic) bond motifs is 3. The van der Waals surface area contributed by atoms with Crippen molar-refractivity contribution in [3.8, 4) is 22.6 Å². The predicted molar refractivity (Wildman–Crippen MR) is 147 cm³/mol. The van der Waals surface area contributed by atoms with Crippen LogP contribution in [0, 0.1) is 18.8 Å². The zero-order valence-electron chi connectivity index (χ0n) is 21.6. The lowest BCUT2D eigenvalue weighted by atomic mass is 9.81. The molecule has 0 saturated heterocycles. The minimum atomic E-state index is 0.454. The maximum absolute atomic E-state index is 6.28. The summed E-state index contributed by atoms with van der Waals surface area (Å²) in [7, 11) is 0. The third-order valence-corrected chi connectivity index (χ3v) is 7.54. The molecule has 1 N–H and O–H groups in total. The van der Waals surface area contributed by atoms with Crippen molar-refractivity contribution in [1.82, 2.24) is 19.9 Å². The topological polar surface area (TPSA) is 72.9 Å². The molecule has 3 heterocycles. The van der Waals surface area contributed by atoms with Crippen LogP contribution in [0.5, 0.6) is 11.5 Å². The summed E-state index contributed by atoms with van der Waals surface area (Å²) in [5.74, 6) is 3.74. The van der Waals surface area contributed by atoms with Crippen molar-refractivity contribution >= 4 is 21.9 Å². The van der Waals surface area contributed by atoms with Crippen molar-refractivity contribution in [2.75, 3.05) is 13.2 Å². The molecule has 1 aliphatic rings. The number of aromatic amines is 1. The number of H-pyrrole nitrogens is 1. The minimum absolute atomic E-state index is 0.454. The van der Waals surface area contributed by atoms with Crippen LogP contribution in [0.15, 0.2) is 60.9 Å². The van der Waals surface area contributed by atoms with Crippen LogP contribution in [0.4, 0.5) is 0 Å². The molecule has 6 rings (SSSR count). The fourth-order valence-electron chi connectivity index (χ4n) is 5.55. The first-order valence-electron chi connectivity index (χ1n) is 13.2. The van der Waals surface area contributed by atoms with Crippen molar-refractivity contribution in [2.45, 2.75) is 40.0 Å². The van der Waals surface area contributed by atoms with E-state index in [-0.39, 0.29) is 0 Å². The Morgan fingerprint density at radius 1 is 1.00 bits per heavy atom. The Hall–Kier alpha value is -3.93. The number of imidazole rings is 1. The van der Waals surface area contributed by atoms with Gasteiger partial charge in [-0.1, -0.05) is 19.1 Å². The molecule has 0 fully saturated rings. The SMILES string of the molecule is CCOc1ccc2ncnc(CC3CCOc4ccc(-c5ccc6nc(C)[nH]c6c5)cc4CC3C)c2c1. The quantitative estimate of drug-likeness (QED) is 0.296.